The highest BCUT2D eigenvalue weighted by atomic mass is 32.1. The molecule has 0 spiro atoms. The predicted octanol–water partition coefficient (Wildman–Crippen LogP) is 4.97. The van der Waals surface area contributed by atoms with Gasteiger partial charge in [-0.3, -0.25) is 0 Å². The molecule has 0 fully saturated rings. The molecule has 2 heterocycles. The zero-order chi connectivity index (χ0) is 11.4. The van der Waals surface area contributed by atoms with Gasteiger partial charge >= 0.3 is 0 Å². The zero-order valence-corrected chi connectivity index (χ0v) is 10.9. The van der Waals surface area contributed by atoms with Crippen molar-refractivity contribution in [1.29, 1.82) is 0 Å². The van der Waals surface area contributed by atoms with Gasteiger partial charge in [-0.15, -0.1) is 22.7 Å². The summed E-state index contributed by atoms with van der Waals surface area (Å²) in [6.45, 7) is 2.17. The van der Waals surface area contributed by atoms with Crippen LogP contribution in [0.3, 0.4) is 0 Å². The largest absolute Gasteiger partial charge is 0.244 e. The lowest BCUT2D eigenvalue weighted by Crippen LogP contribution is -1.77. The molecular weight excluding hydrogens is 246 g/mol. The van der Waals surface area contributed by atoms with Gasteiger partial charge in [0.15, 0.2) is 0 Å². The molecule has 0 aliphatic carbocycles. The van der Waals surface area contributed by atoms with Crippen LogP contribution < -0.4 is 0 Å². The topological polar surface area (TPSA) is 12.9 Å². The van der Waals surface area contributed by atoms with E-state index in [1.807, 2.05) is 16.8 Å². The molecule has 0 atom stereocenters. The Morgan fingerprint density at radius 1 is 1.00 bits per heavy atom. The highest BCUT2D eigenvalue weighted by Gasteiger charge is 2.13. The summed E-state index contributed by atoms with van der Waals surface area (Å²) in [4.78, 5) is 4.56. The minimum atomic E-state index is 1.17. The van der Waals surface area contributed by atoms with Crippen LogP contribution in [0.15, 0.2) is 35.2 Å². The number of hydrogen-bond acceptors (Lipinski definition) is 3. The third-order valence-electron chi connectivity index (χ3n) is 3.20. The summed E-state index contributed by atoms with van der Waals surface area (Å²) < 4.78 is 2.69. The fourth-order valence-electron chi connectivity index (χ4n) is 2.43. The molecule has 0 N–H and O–H groups in total. The van der Waals surface area contributed by atoms with Crippen molar-refractivity contribution < 1.29 is 0 Å². The molecule has 0 bridgehead atoms. The number of thiazole rings is 1. The fourth-order valence-corrected chi connectivity index (χ4v) is 4.36. The van der Waals surface area contributed by atoms with Gasteiger partial charge in [-0.2, -0.15) is 0 Å². The number of rotatable bonds is 0. The van der Waals surface area contributed by atoms with Gasteiger partial charge in [0, 0.05) is 20.9 Å². The monoisotopic (exact) mass is 255 g/mol. The Hall–Kier alpha value is -1.45. The molecule has 0 amide bonds. The van der Waals surface area contributed by atoms with Crippen molar-refractivity contribution in [3.63, 3.8) is 0 Å². The van der Waals surface area contributed by atoms with Gasteiger partial charge in [0.25, 0.3) is 0 Å². The second-order valence-corrected chi connectivity index (χ2v) is 5.93. The average Bonchev–Trinajstić information content (AvgIpc) is 2.96. The Kier molecular flexibility index (Phi) is 1.84. The standard InChI is InChI=1S/C14H9NS2/c1-8-6-16-13-9-4-2-3-5-10(9)14-12(11(8)13)15-7-17-14/h2-7H,1H3. The van der Waals surface area contributed by atoms with E-state index in [1.54, 1.807) is 11.3 Å². The van der Waals surface area contributed by atoms with Crippen molar-refractivity contribution in [2.45, 2.75) is 6.92 Å². The molecule has 3 heteroatoms. The highest BCUT2D eigenvalue weighted by Crippen LogP contribution is 2.40. The van der Waals surface area contributed by atoms with Gasteiger partial charge in [-0.05, 0) is 17.9 Å². The van der Waals surface area contributed by atoms with Crippen LogP contribution in [0, 0.1) is 6.92 Å². The van der Waals surface area contributed by atoms with E-state index in [0.717, 1.165) is 0 Å². The molecular formula is C14H9NS2. The quantitative estimate of drug-likeness (QED) is 0.432. The maximum Gasteiger partial charge on any atom is 0.0908 e. The first-order valence-electron chi connectivity index (χ1n) is 5.48. The second kappa shape index (κ2) is 3.28. The van der Waals surface area contributed by atoms with Gasteiger partial charge in [0.05, 0.1) is 15.7 Å². The van der Waals surface area contributed by atoms with Crippen LogP contribution in [0.1, 0.15) is 5.56 Å². The van der Waals surface area contributed by atoms with Crippen LogP contribution in [0.2, 0.25) is 0 Å². The van der Waals surface area contributed by atoms with Crippen LogP contribution in [0.25, 0.3) is 31.1 Å². The number of aromatic nitrogens is 1. The molecule has 0 aliphatic rings. The van der Waals surface area contributed by atoms with Gasteiger partial charge in [-0.25, -0.2) is 4.98 Å². The Bertz CT molecular complexity index is 854. The van der Waals surface area contributed by atoms with Crippen molar-refractivity contribution in [2.75, 3.05) is 0 Å². The third kappa shape index (κ3) is 1.15. The fraction of sp³-hybridized carbons (Fsp3) is 0.0714. The first-order chi connectivity index (χ1) is 8.36. The van der Waals surface area contributed by atoms with Crippen LogP contribution in [-0.4, -0.2) is 4.98 Å². The second-order valence-electron chi connectivity index (χ2n) is 4.20. The molecule has 4 rings (SSSR count). The summed E-state index contributed by atoms with van der Waals surface area (Å²) in [5.74, 6) is 0. The highest BCUT2D eigenvalue weighted by molar-refractivity contribution is 7.20. The van der Waals surface area contributed by atoms with Gasteiger partial charge < -0.3 is 0 Å². The van der Waals surface area contributed by atoms with Crippen molar-refractivity contribution in [3.8, 4) is 0 Å². The summed E-state index contributed by atoms with van der Waals surface area (Å²) in [6.07, 6.45) is 0. The first-order valence-corrected chi connectivity index (χ1v) is 7.24. The van der Waals surface area contributed by atoms with E-state index in [2.05, 4.69) is 41.6 Å². The summed E-state index contributed by atoms with van der Waals surface area (Å²) in [5.41, 5.74) is 4.46. The van der Waals surface area contributed by atoms with E-state index in [9.17, 15) is 0 Å². The molecule has 1 nitrogen and oxygen atoms in total. The van der Waals surface area contributed by atoms with Crippen LogP contribution >= 0.6 is 22.7 Å². The van der Waals surface area contributed by atoms with Crippen molar-refractivity contribution in [2.24, 2.45) is 0 Å². The van der Waals surface area contributed by atoms with Crippen molar-refractivity contribution in [3.05, 3.63) is 40.7 Å². The van der Waals surface area contributed by atoms with Crippen LogP contribution in [0.4, 0.5) is 0 Å². The molecule has 0 radical (unpaired) electrons. The smallest absolute Gasteiger partial charge is 0.0908 e. The Balaban J connectivity index is 2.50. The van der Waals surface area contributed by atoms with Crippen LogP contribution in [-0.2, 0) is 0 Å². The number of aryl methyl sites for hydroxylation is 1. The van der Waals surface area contributed by atoms with E-state index >= 15 is 0 Å². The van der Waals surface area contributed by atoms with E-state index in [0.29, 0.717) is 0 Å². The Labute approximate surface area is 106 Å². The van der Waals surface area contributed by atoms with Crippen molar-refractivity contribution >= 4 is 53.7 Å². The summed E-state index contributed by atoms with van der Waals surface area (Å²) in [6, 6.07) is 8.63. The number of thiophene rings is 1. The summed E-state index contributed by atoms with van der Waals surface area (Å²) in [7, 11) is 0. The Morgan fingerprint density at radius 2 is 1.76 bits per heavy atom. The van der Waals surface area contributed by atoms with E-state index < -0.39 is 0 Å². The third-order valence-corrected chi connectivity index (χ3v) is 5.19. The minimum Gasteiger partial charge on any atom is -0.244 e. The Morgan fingerprint density at radius 3 is 2.59 bits per heavy atom. The van der Waals surface area contributed by atoms with E-state index in [-0.39, 0.29) is 0 Å². The lowest BCUT2D eigenvalue weighted by Gasteiger charge is -2.02. The average molecular weight is 255 g/mol. The lowest BCUT2D eigenvalue weighted by atomic mass is 10.1. The number of benzene rings is 2. The molecule has 0 saturated carbocycles. The number of fused-ring (bicyclic) bond motifs is 6. The first kappa shape index (κ1) is 9.57. The normalized spacial score (nSPS) is 11.8. The van der Waals surface area contributed by atoms with Crippen LogP contribution in [0.5, 0.6) is 0 Å². The molecule has 0 unspecified atom stereocenters. The van der Waals surface area contributed by atoms with Gasteiger partial charge in [0.2, 0.25) is 0 Å². The number of nitrogens with zero attached hydrogens (tertiary/aromatic N) is 1. The molecule has 0 saturated heterocycles. The maximum atomic E-state index is 4.56. The predicted molar refractivity (Wildman–Crippen MR) is 77.2 cm³/mol. The summed E-state index contributed by atoms with van der Waals surface area (Å²) >= 11 is 3.56. The van der Waals surface area contributed by atoms with E-state index in [4.69, 9.17) is 0 Å². The molecule has 2 aromatic carbocycles. The molecule has 4 aromatic rings. The maximum absolute atomic E-state index is 4.56. The SMILES string of the molecule is Cc1csc2c3ccccc3c3scnc3c12. The number of hydrogen-bond donors (Lipinski definition) is 0. The minimum absolute atomic E-state index is 1.17. The summed E-state index contributed by atoms with van der Waals surface area (Å²) in [5, 5.41) is 6.26. The molecule has 2 aromatic heterocycles. The van der Waals surface area contributed by atoms with Gasteiger partial charge in [0.1, 0.15) is 0 Å². The lowest BCUT2D eigenvalue weighted by molar-refractivity contribution is 1.51. The van der Waals surface area contributed by atoms with E-state index in [1.165, 1.54) is 36.6 Å². The molecule has 0 aliphatic heterocycles. The van der Waals surface area contributed by atoms with Crippen molar-refractivity contribution in [1.82, 2.24) is 4.98 Å². The zero-order valence-electron chi connectivity index (χ0n) is 9.23. The van der Waals surface area contributed by atoms with Gasteiger partial charge in [-0.1, -0.05) is 24.3 Å². The molecule has 17 heavy (non-hydrogen) atoms. The molecule has 82 valence electrons.